The van der Waals surface area contributed by atoms with Crippen molar-refractivity contribution in [3.05, 3.63) is 59.0 Å². The highest BCUT2D eigenvalue weighted by atomic mass is 16.4. The van der Waals surface area contributed by atoms with E-state index in [1.54, 1.807) is 0 Å². The number of carboxylic acids is 1. The SMILES string of the molecule is CC(C)c1ccc(CNC(=O)c2cc(C(=O)O)co2)cc1. The molecule has 2 rings (SSSR count). The van der Waals surface area contributed by atoms with E-state index in [4.69, 9.17) is 9.52 Å². The van der Waals surface area contributed by atoms with E-state index in [-0.39, 0.29) is 11.3 Å². The maximum absolute atomic E-state index is 11.8. The van der Waals surface area contributed by atoms with E-state index >= 15 is 0 Å². The Morgan fingerprint density at radius 3 is 2.43 bits per heavy atom. The molecule has 0 bridgehead atoms. The maximum Gasteiger partial charge on any atom is 0.338 e. The van der Waals surface area contributed by atoms with Crippen LogP contribution in [0, 0.1) is 0 Å². The van der Waals surface area contributed by atoms with Crippen molar-refractivity contribution in [3.8, 4) is 0 Å². The van der Waals surface area contributed by atoms with Crippen LogP contribution in [0.2, 0.25) is 0 Å². The minimum Gasteiger partial charge on any atom is -0.478 e. The highest BCUT2D eigenvalue weighted by Crippen LogP contribution is 2.14. The molecule has 0 spiro atoms. The molecule has 0 aliphatic rings. The Hall–Kier alpha value is -2.56. The van der Waals surface area contributed by atoms with Crippen LogP contribution >= 0.6 is 0 Å². The third kappa shape index (κ3) is 3.72. The van der Waals surface area contributed by atoms with Crippen molar-refractivity contribution in [2.45, 2.75) is 26.3 Å². The van der Waals surface area contributed by atoms with Gasteiger partial charge in [0.25, 0.3) is 5.91 Å². The second kappa shape index (κ2) is 6.26. The molecule has 1 heterocycles. The summed E-state index contributed by atoms with van der Waals surface area (Å²) in [6.45, 7) is 4.60. The number of carbonyl (C=O) groups is 2. The average Bonchev–Trinajstić information content (AvgIpc) is 2.95. The summed E-state index contributed by atoms with van der Waals surface area (Å²) in [5, 5.41) is 11.5. The first-order valence-corrected chi connectivity index (χ1v) is 6.66. The first-order chi connectivity index (χ1) is 9.97. The molecule has 0 aliphatic carbocycles. The van der Waals surface area contributed by atoms with E-state index in [9.17, 15) is 9.59 Å². The highest BCUT2D eigenvalue weighted by molar-refractivity contribution is 5.95. The Morgan fingerprint density at radius 1 is 1.24 bits per heavy atom. The summed E-state index contributed by atoms with van der Waals surface area (Å²) in [4.78, 5) is 22.5. The fraction of sp³-hybridized carbons (Fsp3) is 0.250. The second-order valence-electron chi connectivity index (χ2n) is 5.08. The monoisotopic (exact) mass is 287 g/mol. The molecule has 0 atom stereocenters. The summed E-state index contributed by atoms with van der Waals surface area (Å²) in [6, 6.07) is 9.18. The van der Waals surface area contributed by atoms with Crippen LogP contribution < -0.4 is 5.32 Å². The second-order valence-corrected chi connectivity index (χ2v) is 5.08. The molecule has 2 N–H and O–H groups in total. The summed E-state index contributed by atoms with van der Waals surface area (Å²) in [6.07, 6.45) is 1.05. The number of nitrogens with one attached hydrogen (secondary N) is 1. The number of carbonyl (C=O) groups excluding carboxylic acids is 1. The number of aromatic carboxylic acids is 1. The van der Waals surface area contributed by atoms with Crippen LogP contribution in [0.25, 0.3) is 0 Å². The zero-order valence-electron chi connectivity index (χ0n) is 11.9. The van der Waals surface area contributed by atoms with Gasteiger partial charge >= 0.3 is 5.97 Å². The molecule has 0 saturated heterocycles. The highest BCUT2D eigenvalue weighted by Gasteiger charge is 2.14. The van der Waals surface area contributed by atoms with Crippen molar-refractivity contribution < 1.29 is 19.1 Å². The minimum absolute atomic E-state index is 0.00815. The molecule has 0 saturated carbocycles. The van der Waals surface area contributed by atoms with Crippen LogP contribution in [0.15, 0.2) is 41.0 Å². The first kappa shape index (κ1) is 14.8. The van der Waals surface area contributed by atoms with Gasteiger partial charge < -0.3 is 14.8 Å². The van der Waals surface area contributed by atoms with Gasteiger partial charge in [0, 0.05) is 12.6 Å². The quantitative estimate of drug-likeness (QED) is 0.885. The van der Waals surface area contributed by atoms with Gasteiger partial charge in [-0.3, -0.25) is 4.79 Å². The molecule has 21 heavy (non-hydrogen) atoms. The van der Waals surface area contributed by atoms with Crippen molar-refractivity contribution in [3.63, 3.8) is 0 Å². The predicted octanol–water partition coefficient (Wildman–Crippen LogP) is 3.03. The Kier molecular flexibility index (Phi) is 4.42. The number of furan rings is 1. The van der Waals surface area contributed by atoms with Crippen molar-refractivity contribution in [1.82, 2.24) is 5.32 Å². The third-order valence-corrected chi connectivity index (χ3v) is 3.17. The van der Waals surface area contributed by atoms with Gasteiger partial charge in [-0.1, -0.05) is 38.1 Å². The van der Waals surface area contributed by atoms with Crippen LogP contribution in [0.5, 0.6) is 0 Å². The lowest BCUT2D eigenvalue weighted by atomic mass is 10.0. The van der Waals surface area contributed by atoms with Crippen molar-refractivity contribution in [2.24, 2.45) is 0 Å². The number of benzene rings is 1. The largest absolute Gasteiger partial charge is 0.478 e. The van der Waals surface area contributed by atoms with Gasteiger partial charge in [0.05, 0.1) is 5.56 Å². The minimum atomic E-state index is -1.12. The van der Waals surface area contributed by atoms with Crippen molar-refractivity contribution in [1.29, 1.82) is 0 Å². The zero-order valence-corrected chi connectivity index (χ0v) is 11.9. The van der Waals surface area contributed by atoms with Crippen molar-refractivity contribution in [2.75, 3.05) is 0 Å². The van der Waals surface area contributed by atoms with Gasteiger partial charge in [0.15, 0.2) is 5.76 Å². The molecule has 0 aliphatic heterocycles. The lowest BCUT2D eigenvalue weighted by Gasteiger charge is -2.07. The molecule has 110 valence electrons. The number of hydrogen-bond donors (Lipinski definition) is 2. The van der Waals surface area contributed by atoms with Crippen LogP contribution in [0.3, 0.4) is 0 Å². The number of carboxylic acid groups (broad SMARTS) is 1. The van der Waals surface area contributed by atoms with Gasteiger partial charge in [0.1, 0.15) is 6.26 Å². The topological polar surface area (TPSA) is 79.5 Å². The molecule has 0 radical (unpaired) electrons. The fourth-order valence-corrected chi connectivity index (χ4v) is 1.86. The lowest BCUT2D eigenvalue weighted by Crippen LogP contribution is -2.22. The predicted molar refractivity (Wildman–Crippen MR) is 77.4 cm³/mol. The van der Waals surface area contributed by atoms with Gasteiger partial charge in [-0.15, -0.1) is 0 Å². The lowest BCUT2D eigenvalue weighted by molar-refractivity contribution is 0.0696. The number of hydrogen-bond acceptors (Lipinski definition) is 3. The molecular formula is C16H17NO4. The average molecular weight is 287 g/mol. The van der Waals surface area contributed by atoms with E-state index in [1.807, 2.05) is 24.3 Å². The van der Waals surface area contributed by atoms with Gasteiger partial charge in [-0.2, -0.15) is 0 Å². The summed E-state index contributed by atoms with van der Waals surface area (Å²) in [5.41, 5.74) is 2.17. The molecule has 0 unspecified atom stereocenters. The van der Waals surface area contributed by atoms with E-state index in [1.165, 1.54) is 11.6 Å². The first-order valence-electron chi connectivity index (χ1n) is 6.66. The zero-order chi connectivity index (χ0) is 15.4. The Bertz CT molecular complexity index is 641. The summed E-state index contributed by atoms with van der Waals surface area (Å²) < 4.78 is 4.93. The van der Waals surface area contributed by atoms with Crippen LogP contribution in [0.1, 0.15) is 51.8 Å². The molecule has 1 amide bonds. The van der Waals surface area contributed by atoms with Gasteiger partial charge in [0.2, 0.25) is 0 Å². The number of rotatable bonds is 5. The molecule has 2 aromatic rings. The van der Waals surface area contributed by atoms with E-state index in [0.29, 0.717) is 12.5 Å². The molecule has 1 aromatic carbocycles. The molecule has 5 heteroatoms. The molecule has 0 fully saturated rings. The van der Waals surface area contributed by atoms with E-state index in [0.717, 1.165) is 11.8 Å². The van der Waals surface area contributed by atoms with Crippen LogP contribution in [0.4, 0.5) is 0 Å². The Labute approximate surface area is 122 Å². The smallest absolute Gasteiger partial charge is 0.338 e. The van der Waals surface area contributed by atoms with Crippen molar-refractivity contribution >= 4 is 11.9 Å². The Balaban J connectivity index is 1.95. The molecular weight excluding hydrogens is 270 g/mol. The van der Waals surface area contributed by atoms with E-state index in [2.05, 4.69) is 19.2 Å². The molecule has 5 nitrogen and oxygen atoms in total. The van der Waals surface area contributed by atoms with E-state index < -0.39 is 11.9 Å². The maximum atomic E-state index is 11.8. The summed E-state index contributed by atoms with van der Waals surface area (Å²) in [7, 11) is 0. The van der Waals surface area contributed by atoms with Gasteiger partial charge in [-0.25, -0.2) is 4.79 Å². The fourth-order valence-electron chi connectivity index (χ4n) is 1.86. The van der Waals surface area contributed by atoms with Gasteiger partial charge in [-0.05, 0) is 17.0 Å². The molecule has 1 aromatic heterocycles. The third-order valence-electron chi connectivity index (χ3n) is 3.17. The van der Waals surface area contributed by atoms with Crippen LogP contribution in [-0.4, -0.2) is 17.0 Å². The summed E-state index contributed by atoms with van der Waals surface area (Å²) in [5.74, 6) is -1.10. The number of amides is 1. The Morgan fingerprint density at radius 2 is 1.90 bits per heavy atom. The van der Waals surface area contributed by atoms with Crippen LogP contribution in [-0.2, 0) is 6.54 Å². The standard InChI is InChI=1S/C16H17NO4/c1-10(2)12-5-3-11(4-6-12)8-17-15(18)14-7-13(9-21-14)16(19)20/h3-7,9-10H,8H2,1-2H3,(H,17,18)(H,19,20). The normalized spacial score (nSPS) is 10.6. The summed E-state index contributed by atoms with van der Waals surface area (Å²) >= 11 is 0.